The van der Waals surface area contributed by atoms with E-state index in [2.05, 4.69) is 5.32 Å². The van der Waals surface area contributed by atoms with E-state index in [1.165, 1.54) is 24.3 Å². The Kier molecular flexibility index (Phi) is 6.16. The van der Waals surface area contributed by atoms with Gasteiger partial charge in [0.15, 0.2) is 17.6 Å². The van der Waals surface area contributed by atoms with Crippen LogP contribution in [0.15, 0.2) is 60.7 Å². The third kappa shape index (κ3) is 4.65. The zero-order valence-corrected chi connectivity index (χ0v) is 19.4. The summed E-state index contributed by atoms with van der Waals surface area (Å²) in [4.78, 5) is 38.0. The Morgan fingerprint density at radius 1 is 1.06 bits per heavy atom. The number of carbonyl (C=O) groups excluding carboxylic acids is 2. The van der Waals surface area contributed by atoms with Crippen molar-refractivity contribution in [1.29, 1.82) is 0 Å². The molecule has 3 aromatic rings. The quantitative estimate of drug-likeness (QED) is 0.405. The maximum absolute atomic E-state index is 13.2. The number of hydrogen-bond donors (Lipinski definition) is 1. The molecule has 10 heteroatoms. The van der Waals surface area contributed by atoms with Crippen LogP contribution in [-0.4, -0.2) is 34.5 Å². The summed E-state index contributed by atoms with van der Waals surface area (Å²) < 4.78 is 16.9. The predicted octanol–water partition coefficient (Wildman–Crippen LogP) is 4.28. The summed E-state index contributed by atoms with van der Waals surface area (Å²) >= 11 is 0. The van der Waals surface area contributed by atoms with Crippen LogP contribution in [-0.2, 0) is 17.9 Å². The van der Waals surface area contributed by atoms with Gasteiger partial charge in [0.2, 0.25) is 6.79 Å². The number of nitrogens with zero attached hydrogens (tertiary/aromatic N) is 2. The van der Waals surface area contributed by atoms with Gasteiger partial charge in [-0.15, -0.1) is 0 Å². The van der Waals surface area contributed by atoms with Crippen molar-refractivity contribution in [2.45, 2.75) is 32.5 Å². The van der Waals surface area contributed by atoms with Gasteiger partial charge in [0, 0.05) is 42.0 Å². The standard InChI is InChI=1S/C26H23N3O7/c1-2-21-26(31)28(13-16-3-9-23-24(11-16)35-15-34-23)14-18-12-19(6-10-22(18)36-21)27-25(30)17-4-7-20(8-5-17)29(32)33/h3-12,21H,2,13-15H2,1H3,(H,27,30)/t21-/m0/s1. The van der Waals surface area contributed by atoms with Gasteiger partial charge in [0.1, 0.15) is 5.75 Å². The second-order valence-electron chi connectivity index (χ2n) is 8.48. The number of nitrogens with one attached hydrogen (secondary N) is 1. The van der Waals surface area contributed by atoms with Crippen molar-refractivity contribution in [2.75, 3.05) is 12.1 Å². The minimum absolute atomic E-state index is 0.0913. The number of fused-ring (bicyclic) bond motifs is 2. The first-order chi connectivity index (χ1) is 17.4. The Labute approximate surface area is 206 Å². The molecule has 5 rings (SSSR count). The maximum Gasteiger partial charge on any atom is 0.269 e. The van der Waals surface area contributed by atoms with Gasteiger partial charge in [0.25, 0.3) is 17.5 Å². The molecule has 2 amide bonds. The number of rotatable bonds is 6. The number of benzene rings is 3. The monoisotopic (exact) mass is 489 g/mol. The van der Waals surface area contributed by atoms with Crippen LogP contribution in [0.4, 0.5) is 11.4 Å². The molecule has 0 saturated heterocycles. The molecule has 0 spiro atoms. The molecule has 0 saturated carbocycles. The van der Waals surface area contributed by atoms with E-state index in [-0.39, 0.29) is 24.0 Å². The average molecular weight is 489 g/mol. The molecule has 2 heterocycles. The van der Waals surface area contributed by atoms with Crippen molar-refractivity contribution in [3.05, 3.63) is 87.5 Å². The third-order valence-corrected chi connectivity index (χ3v) is 6.06. The summed E-state index contributed by atoms with van der Waals surface area (Å²) in [5, 5.41) is 13.7. The largest absolute Gasteiger partial charge is 0.480 e. The number of carbonyl (C=O) groups is 2. The Morgan fingerprint density at radius 2 is 1.81 bits per heavy atom. The van der Waals surface area contributed by atoms with E-state index in [0.29, 0.717) is 42.4 Å². The van der Waals surface area contributed by atoms with Crippen LogP contribution in [0.3, 0.4) is 0 Å². The maximum atomic E-state index is 13.2. The van der Waals surface area contributed by atoms with Gasteiger partial charge in [-0.05, 0) is 54.4 Å². The highest BCUT2D eigenvalue weighted by Gasteiger charge is 2.30. The first-order valence-electron chi connectivity index (χ1n) is 11.4. The minimum atomic E-state index is -0.624. The summed E-state index contributed by atoms with van der Waals surface area (Å²) in [5.41, 5.74) is 2.37. The first kappa shape index (κ1) is 23.2. The van der Waals surface area contributed by atoms with Crippen LogP contribution in [0, 0.1) is 10.1 Å². The number of non-ortho nitro benzene ring substituents is 1. The third-order valence-electron chi connectivity index (χ3n) is 6.06. The normalized spacial score (nSPS) is 16.1. The lowest BCUT2D eigenvalue weighted by atomic mass is 10.1. The fourth-order valence-corrected chi connectivity index (χ4v) is 4.18. The van der Waals surface area contributed by atoms with Gasteiger partial charge < -0.3 is 24.4 Å². The van der Waals surface area contributed by atoms with E-state index in [0.717, 1.165) is 11.1 Å². The van der Waals surface area contributed by atoms with Gasteiger partial charge in [-0.3, -0.25) is 19.7 Å². The molecule has 0 aliphatic carbocycles. The summed E-state index contributed by atoms with van der Waals surface area (Å²) in [6.45, 7) is 2.72. The Hall–Kier alpha value is -4.60. The molecule has 0 radical (unpaired) electrons. The number of ether oxygens (including phenoxy) is 3. The van der Waals surface area contributed by atoms with Crippen LogP contribution in [0.25, 0.3) is 0 Å². The van der Waals surface area contributed by atoms with Crippen molar-refractivity contribution in [3.8, 4) is 17.2 Å². The second-order valence-corrected chi connectivity index (χ2v) is 8.48. The molecule has 184 valence electrons. The summed E-state index contributed by atoms with van der Waals surface area (Å²) in [7, 11) is 0. The van der Waals surface area contributed by atoms with Gasteiger partial charge in [0.05, 0.1) is 4.92 Å². The van der Waals surface area contributed by atoms with Gasteiger partial charge in [-0.2, -0.15) is 0 Å². The Balaban J connectivity index is 1.36. The topological polar surface area (TPSA) is 120 Å². The Bertz CT molecular complexity index is 1340. The van der Waals surface area contributed by atoms with Crippen LogP contribution >= 0.6 is 0 Å². The molecule has 0 fully saturated rings. The van der Waals surface area contributed by atoms with Crippen molar-refractivity contribution in [2.24, 2.45) is 0 Å². The molecule has 0 aromatic heterocycles. The number of anilines is 1. The minimum Gasteiger partial charge on any atom is -0.480 e. The lowest BCUT2D eigenvalue weighted by Crippen LogP contribution is -2.38. The molecule has 2 aliphatic heterocycles. The van der Waals surface area contributed by atoms with Gasteiger partial charge >= 0.3 is 0 Å². The lowest BCUT2D eigenvalue weighted by Gasteiger charge is -2.23. The second kappa shape index (κ2) is 9.57. The molecule has 10 nitrogen and oxygen atoms in total. The van der Waals surface area contributed by atoms with Crippen LogP contribution < -0.4 is 19.5 Å². The highest BCUT2D eigenvalue weighted by Crippen LogP contribution is 2.34. The van der Waals surface area contributed by atoms with Crippen molar-refractivity contribution in [3.63, 3.8) is 0 Å². The number of nitro groups is 1. The predicted molar refractivity (Wildman–Crippen MR) is 129 cm³/mol. The average Bonchev–Trinajstić information content (AvgIpc) is 3.30. The summed E-state index contributed by atoms with van der Waals surface area (Å²) in [6, 6.07) is 16.2. The summed E-state index contributed by atoms with van der Waals surface area (Å²) in [6.07, 6.45) is -0.116. The first-order valence-corrected chi connectivity index (χ1v) is 11.4. The van der Waals surface area contributed by atoms with E-state index < -0.39 is 16.9 Å². The van der Waals surface area contributed by atoms with Gasteiger partial charge in [-0.25, -0.2) is 0 Å². The SMILES string of the molecule is CC[C@@H]1Oc2ccc(NC(=O)c3ccc([N+](=O)[O-])cc3)cc2CN(Cc2ccc3c(c2)OCO3)C1=O. The molecule has 0 unspecified atom stereocenters. The summed E-state index contributed by atoms with van der Waals surface area (Å²) in [5.74, 6) is 1.38. The van der Waals surface area contributed by atoms with Gasteiger partial charge in [-0.1, -0.05) is 13.0 Å². The Morgan fingerprint density at radius 3 is 2.56 bits per heavy atom. The number of amides is 2. The van der Waals surface area contributed by atoms with Crippen LogP contribution in [0.2, 0.25) is 0 Å². The van der Waals surface area contributed by atoms with Crippen LogP contribution in [0.1, 0.15) is 34.8 Å². The zero-order chi connectivity index (χ0) is 25.2. The molecule has 3 aromatic carbocycles. The molecular formula is C26H23N3O7. The zero-order valence-electron chi connectivity index (χ0n) is 19.4. The molecule has 2 aliphatic rings. The van der Waals surface area contributed by atoms with Crippen molar-refractivity contribution < 1.29 is 28.7 Å². The molecular weight excluding hydrogens is 466 g/mol. The molecule has 0 bridgehead atoms. The lowest BCUT2D eigenvalue weighted by molar-refractivity contribution is -0.384. The molecule has 36 heavy (non-hydrogen) atoms. The van der Waals surface area contributed by atoms with E-state index in [1.807, 2.05) is 25.1 Å². The van der Waals surface area contributed by atoms with E-state index >= 15 is 0 Å². The van der Waals surface area contributed by atoms with E-state index in [4.69, 9.17) is 14.2 Å². The van der Waals surface area contributed by atoms with Crippen molar-refractivity contribution in [1.82, 2.24) is 4.90 Å². The molecule has 1 N–H and O–H groups in total. The fraction of sp³-hybridized carbons (Fsp3) is 0.231. The highest BCUT2D eigenvalue weighted by atomic mass is 16.7. The smallest absolute Gasteiger partial charge is 0.269 e. The van der Waals surface area contributed by atoms with Crippen LogP contribution in [0.5, 0.6) is 17.2 Å². The number of hydrogen-bond acceptors (Lipinski definition) is 7. The van der Waals surface area contributed by atoms with E-state index in [1.54, 1.807) is 23.1 Å². The fourth-order valence-electron chi connectivity index (χ4n) is 4.18. The van der Waals surface area contributed by atoms with Crippen molar-refractivity contribution >= 4 is 23.2 Å². The number of nitro benzene ring substituents is 1. The molecule has 1 atom stereocenters. The highest BCUT2D eigenvalue weighted by molar-refractivity contribution is 6.04. The van der Waals surface area contributed by atoms with E-state index in [9.17, 15) is 19.7 Å².